The number of nitrogens with one attached hydrogen (secondary N) is 2. The van der Waals surface area contributed by atoms with Crippen LogP contribution in [0.15, 0.2) is 18.2 Å². The third kappa shape index (κ3) is 2.11. The largest absolute Gasteiger partial charge is 0.344 e. The van der Waals surface area contributed by atoms with Crippen molar-refractivity contribution >= 4 is 17.8 Å². The fourth-order valence-corrected chi connectivity index (χ4v) is 2.88. The topological polar surface area (TPSA) is 78.5 Å². The summed E-state index contributed by atoms with van der Waals surface area (Å²) in [5.74, 6) is -4.14. The predicted molar refractivity (Wildman–Crippen MR) is 70.4 cm³/mol. The molecule has 0 atom stereocenters. The lowest BCUT2D eigenvalue weighted by molar-refractivity contribution is -0.132. The quantitative estimate of drug-likeness (QED) is 0.812. The van der Waals surface area contributed by atoms with Crippen molar-refractivity contribution in [3.05, 3.63) is 35.4 Å². The van der Waals surface area contributed by atoms with Gasteiger partial charge < -0.3 is 5.32 Å². The second kappa shape index (κ2) is 5.04. The molecule has 1 aliphatic carbocycles. The summed E-state index contributed by atoms with van der Waals surface area (Å²) in [6, 6.07) is 2.33. The number of benzene rings is 1. The monoisotopic (exact) mass is 309 g/mol. The van der Waals surface area contributed by atoms with Crippen LogP contribution in [-0.4, -0.2) is 28.4 Å². The lowest BCUT2D eigenvalue weighted by Gasteiger charge is -2.20. The molecule has 1 aromatic rings. The van der Waals surface area contributed by atoms with Crippen molar-refractivity contribution in [1.29, 1.82) is 0 Å². The Labute approximate surface area is 124 Å². The average Bonchev–Trinajstić information content (AvgIpc) is 3.03. The Morgan fingerprint density at radius 3 is 2.59 bits per heavy atom. The van der Waals surface area contributed by atoms with Crippen molar-refractivity contribution in [2.24, 2.45) is 0 Å². The second-order valence-corrected chi connectivity index (χ2v) is 5.40. The number of imide groups is 1. The summed E-state index contributed by atoms with van der Waals surface area (Å²) in [5.41, 5.74) is 0.483. The van der Waals surface area contributed by atoms with Gasteiger partial charge in [-0.25, -0.2) is 13.6 Å². The highest BCUT2D eigenvalue weighted by molar-refractivity contribution is 6.09. The number of hydrazine groups is 1. The minimum absolute atomic E-state index is 0.498. The molecule has 1 aliphatic heterocycles. The van der Waals surface area contributed by atoms with E-state index in [-0.39, 0.29) is 0 Å². The van der Waals surface area contributed by atoms with Crippen LogP contribution >= 0.6 is 0 Å². The normalized spacial score (nSPS) is 19.6. The predicted octanol–water partition coefficient (Wildman–Crippen LogP) is 1.47. The number of carbonyl (C=O) groups excluding carboxylic acids is 3. The van der Waals surface area contributed by atoms with E-state index in [9.17, 15) is 23.2 Å². The number of amides is 4. The summed E-state index contributed by atoms with van der Waals surface area (Å²) >= 11 is 0. The first-order valence-electron chi connectivity index (χ1n) is 6.86. The summed E-state index contributed by atoms with van der Waals surface area (Å²) in [5, 5.41) is 3.11. The van der Waals surface area contributed by atoms with E-state index in [0.717, 1.165) is 31.0 Å². The summed E-state index contributed by atoms with van der Waals surface area (Å²) < 4.78 is 26.7. The van der Waals surface area contributed by atoms with Crippen LogP contribution in [0.1, 0.15) is 36.0 Å². The van der Waals surface area contributed by atoms with Crippen LogP contribution < -0.4 is 10.7 Å². The average molecular weight is 309 g/mol. The molecule has 2 aliphatic rings. The molecule has 1 saturated heterocycles. The van der Waals surface area contributed by atoms with Gasteiger partial charge in [-0.2, -0.15) is 5.01 Å². The van der Waals surface area contributed by atoms with E-state index in [1.165, 1.54) is 0 Å². The standard InChI is InChI=1S/C14H13F2N3O3/c15-9-5-3-4-8(10(9)16)11(20)18-19-12(21)14(17-13(19)22)6-1-2-7-14/h3-5H,1-2,6-7H2,(H,17,22)(H,18,20). The fourth-order valence-electron chi connectivity index (χ4n) is 2.88. The lowest BCUT2D eigenvalue weighted by Crippen LogP contribution is -2.49. The molecule has 8 heteroatoms. The molecular weight excluding hydrogens is 296 g/mol. The molecule has 1 spiro atoms. The number of halogens is 2. The molecule has 2 fully saturated rings. The first-order chi connectivity index (χ1) is 10.4. The molecule has 4 amide bonds. The second-order valence-electron chi connectivity index (χ2n) is 5.40. The Hall–Kier alpha value is -2.51. The summed E-state index contributed by atoms with van der Waals surface area (Å²) in [7, 11) is 0. The molecule has 1 aromatic carbocycles. The SMILES string of the molecule is O=C(NN1C(=O)NC2(CCCC2)C1=O)c1cccc(F)c1F. The Morgan fingerprint density at radius 2 is 1.91 bits per heavy atom. The van der Waals surface area contributed by atoms with Gasteiger partial charge in [0.25, 0.3) is 11.8 Å². The van der Waals surface area contributed by atoms with Crippen LogP contribution in [0.5, 0.6) is 0 Å². The van der Waals surface area contributed by atoms with E-state index in [0.29, 0.717) is 17.9 Å². The van der Waals surface area contributed by atoms with Crippen molar-refractivity contribution in [2.75, 3.05) is 0 Å². The van der Waals surface area contributed by atoms with E-state index >= 15 is 0 Å². The number of nitrogens with zero attached hydrogens (tertiary/aromatic N) is 1. The number of urea groups is 1. The van der Waals surface area contributed by atoms with E-state index in [2.05, 4.69) is 5.32 Å². The minimum atomic E-state index is -1.33. The molecule has 0 radical (unpaired) electrons. The molecule has 3 rings (SSSR count). The van der Waals surface area contributed by atoms with Gasteiger partial charge in [0.05, 0.1) is 5.56 Å². The highest BCUT2D eigenvalue weighted by Gasteiger charge is 2.53. The summed E-state index contributed by atoms with van der Waals surface area (Å²) in [4.78, 5) is 36.2. The summed E-state index contributed by atoms with van der Waals surface area (Å²) in [6.45, 7) is 0. The third-order valence-electron chi connectivity index (χ3n) is 4.03. The summed E-state index contributed by atoms with van der Waals surface area (Å²) in [6.07, 6.45) is 2.59. The van der Waals surface area contributed by atoms with E-state index in [1.54, 1.807) is 0 Å². The van der Waals surface area contributed by atoms with Gasteiger partial charge in [-0.05, 0) is 25.0 Å². The van der Waals surface area contributed by atoms with Crippen molar-refractivity contribution in [3.63, 3.8) is 0 Å². The van der Waals surface area contributed by atoms with Crippen LogP contribution in [0.2, 0.25) is 0 Å². The van der Waals surface area contributed by atoms with Crippen LogP contribution in [0.3, 0.4) is 0 Å². The lowest BCUT2D eigenvalue weighted by atomic mass is 9.98. The Morgan fingerprint density at radius 1 is 1.23 bits per heavy atom. The fraction of sp³-hybridized carbons (Fsp3) is 0.357. The first kappa shape index (κ1) is 14.4. The van der Waals surface area contributed by atoms with Crippen molar-refractivity contribution in [3.8, 4) is 0 Å². The van der Waals surface area contributed by atoms with Gasteiger partial charge in [0, 0.05) is 0 Å². The Kier molecular flexibility index (Phi) is 3.31. The molecule has 0 bridgehead atoms. The van der Waals surface area contributed by atoms with Crippen LogP contribution in [0.25, 0.3) is 0 Å². The van der Waals surface area contributed by atoms with Gasteiger partial charge in [0.15, 0.2) is 11.6 Å². The molecule has 116 valence electrons. The maximum absolute atomic E-state index is 13.6. The van der Waals surface area contributed by atoms with Crippen molar-refractivity contribution in [2.45, 2.75) is 31.2 Å². The zero-order valence-electron chi connectivity index (χ0n) is 11.5. The highest BCUT2D eigenvalue weighted by atomic mass is 19.2. The minimum Gasteiger partial charge on any atom is -0.322 e. The number of rotatable bonds is 2. The molecule has 0 unspecified atom stereocenters. The zero-order chi connectivity index (χ0) is 15.9. The Bertz CT molecular complexity index is 671. The highest BCUT2D eigenvalue weighted by Crippen LogP contribution is 2.34. The number of hydrogen-bond donors (Lipinski definition) is 2. The van der Waals surface area contributed by atoms with Gasteiger partial charge in [-0.1, -0.05) is 18.9 Å². The zero-order valence-corrected chi connectivity index (χ0v) is 11.5. The van der Waals surface area contributed by atoms with Crippen LogP contribution in [0, 0.1) is 11.6 Å². The molecule has 6 nitrogen and oxygen atoms in total. The van der Waals surface area contributed by atoms with Gasteiger partial charge in [-0.3, -0.25) is 15.0 Å². The number of hydrogen-bond acceptors (Lipinski definition) is 3. The van der Waals surface area contributed by atoms with E-state index in [4.69, 9.17) is 0 Å². The van der Waals surface area contributed by atoms with Crippen LogP contribution in [0.4, 0.5) is 13.6 Å². The smallest absolute Gasteiger partial charge is 0.322 e. The third-order valence-corrected chi connectivity index (χ3v) is 4.03. The number of carbonyl (C=O) groups is 3. The maximum atomic E-state index is 13.6. The van der Waals surface area contributed by atoms with Gasteiger partial charge in [0.2, 0.25) is 0 Å². The van der Waals surface area contributed by atoms with Crippen molar-refractivity contribution in [1.82, 2.24) is 15.8 Å². The molecule has 1 saturated carbocycles. The molecule has 1 heterocycles. The Balaban J connectivity index is 1.81. The maximum Gasteiger partial charge on any atom is 0.344 e. The van der Waals surface area contributed by atoms with E-state index in [1.807, 2.05) is 5.43 Å². The molecule has 0 aromatic heterocycles. The van der Waals surface area contributed by atoms with Gasteiger partial charge in [0.1, 0.15) is 5.54 Å². The molecule has 22 heavy (non-hydrogen) atoms. The van der Waals surface area contributed by atoms with E-state index < -0.39 is 40.6 Å². The van der Waals surface area contributed by atoms with Crippen molar-refractivity contribution < 1.29 is 23.2 Å². The molecular formula is C14H13F2N3O3. The first-order valence-corrected chi connectivity index (χ1v) is 6.86. The van der Waals surface area contributed by atoms with Crippen LogP contribution in [-0.2, 0) is 4.79 Å². The van der Waals surface area contributed by atoms with Gasteiger partial charge in [-0.15, -0.1) is 0 Å². The molecule has 2 N–H and O–H groups in total. The van der Waals surface area contributed by atoms with Gasteiger partial charge >= 0.3 is 6.03 Å².